The van der Waals surface area contributed by atoms with E-state index in [2.05, 4.69) is 27.8 Å². The van der Waals surface area contributed by atoms with E-state index in [1.165, 1.54) is 19.4 Å². The second-order valence-electron chi connectivity index (χ2n) is 3.71. The maximum Gasteiger partial charge on any atom is 0.0359 e. The third-order valence-electron chi connectivity index (χ3n) is 2.69. The second kappa shape index (κ2) is 5.47. The molecule has 0 radical (unpaired) electrons. The lowest BCUT2D eigenvalue weighted by Crippen LogP contribution is -2.45. The second-order valence-corrected chi connectivity index (χ2v) is 6.44. The minimum Gasteiger partial charge on any atom is -0.299 e. The van der Waals surface area contributed by atoms with Crippen LogP contribution in [0.5, 0.6) is 0 Å². The summed E-state index contributed by atoms with van der Waals surface area (Å²) in [5.74, 6) is 0.810. The van der Waals surface area contributed by atoms with Crippen LogP contribution in [-0.2, 0) is 10.8 Å². The molecule has 78 valence electrons. The fourth-order valence-electron chi connectivity index (χ4n) is 1.72. The van der Waals surface area contributed by atoms with Crippen molar-refractivity contribution in [3.8, 4) is 0 Å². The summed E-state index contributed by atoms with van der Waals surface area (Å²) in [7, 11) is -0.650. The van der Waals surface area contributed by atoms with Gasteiger partial charge in [0.05, 0.1) is 0 Å². The van der Waals surface area contributed by atoms with Crippen molar-refractivity contribution in [3.63, 3.8) is 0 Å². The van der Waals surface area contributed by atoms with E-state index in [9.17, 15) is 4.21 Å². The van der Waals surface area contributed by atoms with E-state index in [4.69, 9.17) is 0 Å². The van der Waals surface area contributed by atoms with Gasteiger partial charge in [0, 0.05) is 40.2 Å². The van der Waals surface area contributed by atoms with Gasteiger partial charge in [0.2, 0.25) is 0 Å². The molecule has 1 heterocycles. The summed E-state index contributed by atoms with van der Waals surface area (Å²) in [5.41, 5.74) is 0. The van der Waals surface area contributed by atoms with Gasteiger partial charge in [-0.25, -0.2) is 0 Å². The normalized spacial score (nSPS) is 33.2. The van der Waals surface area contributed by atoms with Gasteiger partial charge in [-0.1, -0.05) is 15.9 Å². The van der Waals surface area contributed by atoms with Gasteiger partial charge in [-0.05, 0) is 26.3 Å². The van der Waals surface area contributed by atoms with E-state index < -0.39 is 10.8 Å². The SMILES string of the molecule is CC1C(Br)CCCN1CCS(C)=O. The lowest BCUT2D eigenvalue weighted by atomic mass is 10.0. The number of alkyl halides is 1. The zero-order valence-corrected chi connectivity index (χ0v) is 10.7. The number of nitrogens with zero attached hydrogens (tertiary/aromatic N) is 1. The Morgan fingerprint density at radius 2 is 2.31 bits per heavy atom. The van der Waals surface area contributed by atoms with Gasteiger partial charge < -0.3 is 0 Å². The molecule has 0 bridgehead atoms. The molecule has 1 rings (SSSR count). The van der Waals surface area contributed by atoms with Crippen molar-refractivity contribution < 1.29 is 4.21 Å². The van der Waals surface area contributed by atoms with Crippen LogP contribution in [-0.4, -0.2) is 45.1 Å². The largest absolute Gasteiger partial charge is 0.299 e. The highest BCUT2D eigenvalue weighted by Gasteiger charge is 2.25. The molecular formula is C9H18BrNOS. The molecule has 0 aromatic rings. The van der Waals surface area contributed by atoms with Crippen LogP contribution < -0.4 is 0 Å². The summed E-state index contributed by atoms with van der Waals surface area (Å²) in [6, 6.07) is 0.595. The van der Waals surface area contributed by atoms with Crippen LogP contribution >= 0.6 is 15.9 Å². The third kappa shape index (κ3) is 3.68. The Morgan fingerprint density at radius 1 is 1.62 bits per heavy atom. The zero-order valence-electron chi connectivity index (χ0n) is 8.33. The van der Waals surface area contributed by atoms with Crippen molar-refractivity contribution in [1.29, 1.82) is 0 Å². The van der Waals surface area contributed by atoms with E-state index in [1.54, 1.807) is 6.26 Å². The van der Waals surface area contributed by atoms with Crippen molar-refractivity contribution in [2.75, 3.05) is 25.1 Å². The Balaban J connectivity index is 2.35. The first kappa shape index (κ1) is 11.7. The maximum absolute atomic E-state index is 10.9. The van der Waals surface area contributed by atoms with Crippen LogP contribution in [0, 0.1) is 0 Å². The van der Waals surface area contributed by atoms with Crippen molar-refractivity contribution in [2.45, 2.75) is 30.6 Å². The fraction of sp³-hybridized carbons (Fsp3) is 1.00. The molecule has 0 N–H and O–H groups in total. The molecule has 0 aromatic heterocycles. The number of hydrogen-bond acceptors (Lipinski definition) is 2. The predicted molar refractivity (Wildman–Crippen MR) is 61.9 cm³/mol. The number of hydrogen-bond donors (Lipinski definition) is 0. The molecule has 0 aromatic carbocycles. The first-order valence-electron chi connectivity index (χ1n) is 4.79. The molecule has 1 saturated heterocycles. The molecule has 1 aliphatic rings. The standard InChI is InChI=1S/C9H18BrNOS/c1-8-9(10)4-3-5-11(8)6-7-13(2)12/h8-9H,3-7H2,1-2H3. The Labute approximate surface area is 91.7 Å². The third-order valence-corrected chi connectivity index (χ3v) is 4.67. The van der Waals surface area contributed by atoms with Crippen molar-refractivity contribution in [3.05, 3.63) is 0 Å². The summed E-state index contributed by atoms with van der Waals surface area (Å²) < 4.78 is 10.9. The summed E-state index contributed by atoms with van der Waals surface area (Å²) in [5, 5.41) is 0. The number of likely N-dealkylation sites (tertiary alicyclic amines) is 1. The summed E-state index contributed by atoms with van der Waals surface area (Å²) in [6.07, 6.45) is 4.31. The molecule has 0 saturated carbocycles. The predicted octanol–water partition coefficient (Wildman–Crippen LogP) is 1.61. The first-order valence-corrected chi connectivity index (χ1v) is 7.43. The zero-order chi connectivity index (χ0) is 9.84. The monoisotopic (exact) mass is 267 g/mol. The van der Waals surface area contributed by atoms with Gasteiger partial charge in [0.1, 0.15) is 0 Å². The molecule has 1 fully saturated rings. The highest BCUT2D eigenvalue weighted by Crippen LogP contribution is 2.23. The molecule has 4 heteroatoms. The molecule has 0 spiro atoms. The maximum atomic E-state index is 10.9. The smallest absolute Gasteiger partial charge is 0.0359 e. The van der Waals surface area contributed by atoms with E-state index >= 15 is 0 Å². The van der Waals surface area contributed by atoms with E-state index in [1.807, 2.05) is 0 Å². The Kier molecular flexibility index (Phi) is 4.90. The summed E-state index contributed by atoms with van der Waals surface area (Å²) >= 11 is 3.68. The van der Waals surface area contributed by atoms with Crippen molar-refractivity contribution in [2.24, 2.45) is 0 Å². The Morgan fingerprint density at radius 3 is 2.92 bits per heavy atom. The van der Waals surface area contributed by atoms with Crippen LogP contribution in [0.3, 0.4) is 0 Å². The first-order chi connectivity index (χ1) is 6.11. The molecule has 1 aliphatic heterocycles. The summed E-state index contributed by atoms with van der Waals surface area (Å²) in [6.45, 7) is 4.39. The van der Waals surface area contributed by atoms with Gasteiger partial charge in [0.15, 0.2) is 0 Å². The van der Waals surface area contributed by atoms with Crippen LogP contribution in [0.1, 0.15) is 19.8 Å². The summed E-state index contributed by atoms with van der Waals surface area (Å²) in [4.78, 5) is 3.05. The van der Waals surface area contributed by atoms with Crippen molar-refractivity contribution >= 4 is 26.7 Å². The molecule has 0 amide bonds. The van der Waals surface area contributed by atoms with E-state index in [0.29, 0.717) is 10.9 Å². The highest BCUT2D eigenvalue weighted by molar-refractivity contribution is 9.09. The minimum atomic E-state index is -0.650. The van der Waals surface area contributed by atoms with Crippen LogP contribution in [0.25, 0.3) is 0 Å². The van der Waals surface area contributed by atoms with Crippen LogP contribution in [0.4, 0.5) is 0 Å². The van der Waals surface area contributed by atoms with E-state index in [0.717, 1.165) is 12.3 Å². The number of piperidine rings is 1. The topological polar surface area (TPSA) is 20.3 Å². The van der Waals surface area contributed by atoms with Crippen LogP contribution in [0.15, 0.2) is 0 Å². The lowest BCUT2D eigenvalue weighted by Gasteiger charge is -2.36. The molecule has 2 nitrogen and oxygen atoms in total. The fourth-order valence-corrected chi connectivity index (χ4v) is 2.87. The van der Waals surface area contributed by atoms with Gasteiger partial charge in [0.25, 0.3) is 0 Å². The molecule has 3 unspecified atom stereocenters. The average Bonchev–Trinajstić information content (AvgIpc) is 2.07. The van der Waals surface area contributed by atoms with Gasteiger partial charge in [-0.3, -0.25) is 9.11 Å². The molecule has 0 aliphatic carbocycles. The Hall–Kier alpha value is 0.590. The van der Waals surface area contributed by atoms with Gasteiger partial charge in [-0.15, -0.1) is 0 Å². The number of halogens is 1. The van der Waals surface area contributed by atoms with E-state index in [-0.39, 0.29) is 0 Å². The van der Waals surface area contributed by atoms with Gasteiger partial charge in [-0.2, -0.15) is 0 Å². The highest BCUT2D eigenvalue weighted by atomic mass is 79.9. The lowest BCUT2D eigenvalue weighted by molar-refractivity contribution is 0.179. The number of rotatable bonds is 3. The Bertz CT molecular complexity index is 188. The molecule has 13 heavy (non-hydrogen) atoms. The average molecular weight is 268 g/mol. The quantitative estimate of drug-likeness (QED) is 0.725. The van der Waals surface area contributed by atoms with Gasteiger partial charge >= 0.3 is 0 Å². The van der Waals surface area contributed by atoms with Crippen molar-refractivity contribution in [1.82, 2.24) is 4.90 Å². The minimum absolute atomic E-state index is 0.595. The van der Waals surface area contributed by atoms with Crippen LogP contribution in [0.2, 0.25) is 0 Å². The molecule has 3 atom stereocenters. The molecular weight excluding hydrogens is 250 g/mol.